The molecular formula is C27H31N5O2. The summed E-state index contributed by atoms with van der Waals surface area (Å²) in [4.78, 5) is 31.0. The van der Waals surface area contributed by atoms with Gasteiger partial charge in [0.25, 0.3) is 11.5 Å². The van der Waals surface area contributed by atoms with Gasteiger partial charge in [-0.1, -0.05) is 68.5 Å². The molecule has 0 radical (unpaired) electrons. The maximum absolute atomic E-state index is 13.3. The van der Waals surface area contributed by atoms with Crippen LogP contribution < -0.4 is 16.4 Å². The summed E-state index contributed by atoms with van der Waals surface area (Å²) in [6, 6.07) is 14.9. The van der Waals surface area contributed by atoms with Crippen molar-refractivity contribution in [2.24, 2.45) is 0 Å². The van der Waals surface area contributed by atoms with Crippen molar-refractivity contribution < 1.29 is 4.79 Å². The van der Waals surface area contributed by atoms with Crippen LogP contribution in [-0.4, -0.2) is 26.4 Å². The molecule has 1 aromatic carbocycles. The number of rotatable bonds is 9. The van der Waals surface area contributed by atoms with E-state index in [0.29, 0.717) is 29.8 Å². The van der Waals surface area contributed by atoms with E-state index in [1.165, 1.54) is 23.3 Å². The molecule has 0 aliphatic heterocycles. The number of amides is 1. The lowest BCUT2D eigenvalue weighted by molar-refractivity contribution is 0.0950. The Bertz CT molecular complexity index is 1430. The lowest BCUT2D eigenvalue weighted by atomic mass is 10.1. The molecule has 0 aliphatic rings. The Balaban J connectivity index is 1.77. The SMILES string of the molecule is CCCCCCCNC(=O)c1cc2c(=O)n3ccccc3nc2n(Cc2ccc(C)cc2)c1=N. The van der Waals surface area contributed by atoms with Crippen LogP contribution in [-0.2, 0) is 6.54 Å². The van der Waals surface area contributed by atoms with Crippen molar-refractivity contribution in [3.63, 3.8) is 0 Å². The summed E-state index contributed by atoms with van der Waals surface area (Å²) in [5, 5.41) is 12.1. The predicted molar refractivity (Wildman–Crippen MR) is 134 cm³/mol. The zero-order chi connectivity index (χ0) is 24.1. The van der Waals surface area contributed by atoms with Gasteiger partial charge in [0.15, 0.2) is 0 Å². The molecule has 34 heavy (non-hydrogen) atoms. The number of pyridine rings is 2. The predicted octanol–water partition coefficient (Wildman–Crippen LogP) is 4.19. The Hall–Kier alpha value is -3.74. The topological polar surface area (TPSA) is 92.2 Å². The molecular weight excluding hydrogens is 426 g/mol. The van der Waals surface area contributed by atoms with Gasteiger partial charge in [-0.25, -0.2) is 4.98 Å². The van der Waals surface area contributed by atoms with Crippen molar-refractivity contribution in [1.82, 2.24) is 19.3 Å². The monoisotopic (exact) mass is 457 g/mol. The number of fused-ring (bicyclic) bond motifs is 2. The maximum Gasteiger partial charge on any atom is 0.267 e. The van der Waals surface area contributed by atoms with Crippen LogP contribution >= 0.6 is 0 Å². The lowest BCUT2D eigenvalue weighted by Crippen LogP contribution is -2.35. The van der Waals surface area contributed by atoms with Gasteiger partial charge in [-0.05, 0) is 37.1 Å². The van der Waals surface area contributed by atoms with Crippen LogP contribution in [0.15, 0.2) is 59.5 Å². The molecule has 2 N–H and O–H groups in total. The summed E-state index contributed by atoms with van der Waals surface area (Å²) >= 11 is 0. The van der Waals surface area contributed by atoms with Gasteiger partial charge >= 0.3 is 0 Å². The van der Waals surface area contributed by atoms with E-state index < -0.39 is 0 Å². The van der Waals surface area contributed by atoms with E-state index in [1.807, 2.05) is 37.3 Å². The number of hydrogen-bond donors (Lipinski definition) is 2. The molecule has 3 heterocycles. The number of carbonyl (C=O) groups is 1. The number of aromatic nitrogens is 3. The van der Waals surface area contributed by atoms with Crippen molar-refractivity contribution in [2.75, 3.05) is 6.54 Å². The highest BCUT2D eigenvalue weighted by Crippen LogP contribution is 2.13. The van der Waals surface area contributed by atoms with Gasteiger partial charge in [0, 0.05) is 12.7 Å². The second-order valence-corrected chi connectivity index (χ2v) is 8.73. The van der Waals surface area contributed by atoms with Crippen LogP contribution in [0, 0.1) is 12.3 Å². The average molecular weight is 458 g/mol. The number of nitrogens with zero attached hydrogens (tertiary/aromatic N) is 3. The average Bonchev–Trinajstić information content (AvgIpc) is 2.84. The highest BCUT2D eigenvalue weighted by Gasteiger charge is 2.17. The molecule has 1 amide bonds. The first kappa shape index (κ1) is 23.4. The molecule has 0 saturated heterocycles. The smallest absolute Gasteiger partial charge is 0.267 e. The Morgan fingerprint density at radius 1 is 1.06 bits per heavy atom. The van der Waals surface area contributed by atoms with E-state index in [2.05, 4.69) is 12.2 Å². The minimum absolute atomic E-state index is 0.0451. The minimum atomic E-state index is -0.336. The molecule has 3 aromatic heterocycles. The fourth-order valence-electron chi connectivity index (χ4n) is 4.12. The van der Waals surface area contributed by atoms with Crippen LogP contribution in [0.25, 0.3) is 16.7 Å². The van der Waals surface area contributed by atoms with Crippen molar-refractivity contribution >= 4 is 22.6 Å². The molecule has 4 rings (SSSR count). The summed E-state index contributed by atoms with van der Waals surface area (Å²) in [7, 11) is 0. The van der Waals surface area contributed by atoms with Gasteiger partial charge in [-0.2, -0.15) is 0 Å². The quantitative estimate of drug-likeness (QED) is 0.292. The lowest BCUT2D eigenvalue weighted by Gasteiger charge is -2.15. The molecule has 4 aromatic rings. The van der Waals surface area contributed by atoms with Crippen LogP contribution in [0.3, 0.4) is 0 Å². The van der Waals surface area contributed by atoms with Crippen LogP contribution in [0.2, 0.25) is 0 Å². The number of benzene rings is 1. The van der Waals surface area contributed by atoms with Gasteiger partial charge in [0.1, 0.15) is 16.8 Å². The van der Waals surface area contributed by atoms with Crippen molar-refractivity contribution in [3.8, 4) is 0 Å². The van der Waals surface area contributed by atoms with Crippen LogP contribution in [0.4, 0.5) is 0 Å². The number of nitrogens with one attached hydrogen (secondary N) is 2. The largest absolute Gasteiger partial charge is 0.352 e. The summed E-state index contributed by atoms with van der Waals surface area (Å²) in [5.74, 6) is -0.336. The van der Waals surface area contributed by atoms with E-state index in [9.17, 15) is 9.59 Å². The van der Waals surface area contributed by atoms with Gasteiger partial charge in [0.2, 0.25) is 0 Å². The third kappa shape index (κ3) is 4.93. The van der Waals surface area contributed by atoms with E-state index in [1.54, 1.807) is 22.9 Å². The fraction of sp³-hybridized carbons (Fsp3) is 0.333. The van der Waals surface area contributed by atoms with Gasteiger partial charge < -0.3 is 9.88 Å². The maximum atomic E-state index is 13.3. The molecule has 0 saturated carbocycles. The standard InChI is InChI=1S/C27H31N5O2/c1-3-4-5-6-8-15-29-26(33)21-17-22-25(30-23-10-7-9-16-31(23)27(22)34)32(24(21)28)18-20-13-11-19(2)12-14-20/h7,9-14,16-17,28H,3-6,8,15,18H2,1-2H3,(H,29,33). The summed E-state index contributed by atoms with van der Waals surface area (Å²) in [6.45, 7) is 5.07. The first-order chi connectivity index (χ1) is 16.5. The molecule has 0 spiro atoms. The van der Waals surface area contributed by atoms with Gasteiger partial charge in [-0.3, -0.25) is 19.4 Å². The molecule has 7 heteroatoms. The van der Waals surface area contributed by atoms with E-state index in [0.717, 1.165) is 30.4 Å². The van der Waals surface area contributed by atoms with Crippen LogP contribution in [0.5, 0.6) is 0 Å². The third-order valence-electron chi connectivity index (χ3n) is 6.09. The van der Waals surface area contributed by atoms with Crippen molar-refractivity contribution in [1.29, 1.82) is 5.41 Å². The first-order valence-electron chi connectivity index (χ1n) is 11.9. The zero-order valence-corrected chi connectivity index (χ0v) is 19.8. The normalized spacial score (nSPS) is 11.2. The highest BCUT2D eigenvalue weighted by molar-refractivity contribution is 5.96. The summed E-state index contributed by atoms with van der Waals surface area (Å²) in [6.07, 6.45) is 7.14. The molecule has 0 bridgehead atoms. The Kier molecular flexibility index (Phi) is 7.21. The van der Waals surface area contributed by atoms with E-state index in [4.69, 9.17) is 10.4 Å². The third-order valence-corrected chi connectivity index (χ3v) is 6.09. The summed E-state index contributed by atoms with van der Waals surface area (Å²) in [5.41, 5.74) is 2.98. The van der Waals surface area contributed by atoms with Gasteiger partial charge in [-0.15, -0.1) is 0 Å². The number of aryl methyl sites for hydroxylation is 1. The number of hydrogen-bond acceptors (Lipinski definition) is 4. The Morgan fingerprint density at radius 2 is 1.82 bits per heavy atom. The zero-order valence-electron chi connectivity index (χ0n) is 19.8. The second-order valence-electron chi connectivity index (χ2n) is 8.73. The van der Waals surface area contributed by atoms with Gasteiger partial charge in [0.05, 0.1) is 17.5 Å². The van der Waals surface area contributed by atoms with E-state index >= 15 is 0 Å². The number of carbonyl (C=O) groups excluding carboxylic acids is 1. The molecule has 0 fully saturated rings. The molecule has 176 valence electrons. The second kappa shape index (κ2) is 10.5. The molecule has 0 atom stereocenters. The molecule has 0 unspecified atom stereocenters. The highest BCUT2D eigenvalue weighted by atomic mass is 16.1. The van der Waals surface area contributed by atoms with Crippen molar-refractivity contribution in [3.05, 3.63) is 87.3 Å². The number of unbranched alkanes of at least 4 members (excludes halogenated alkanes) is 4. The molecule has 0 aliphatic carbocycles. The summed E-state index contributed by atoms with van der Waals surface area (Å²) < 4.78 is 3.13. The Morgan fingerprint density at radius 3 is 2.59 bits per heavy atom. The minimum Gasteiger partial charge on any atom is -0.352 e. The fourth-order valence-corrected chi connectivity index (χ4v) is 4.12. The molecule has 7 nitrogen and oxygen atoms in total. The first-order valence-corrected chi connectivity index (χ1v) is 11.9. The Labute approximate surface area is 198 Å². The van der Waals surface area contributed by atoms with Crippen LogP contribution in [0.1, 0.15) is 60.5 Å². The van der Waals surface area contributed by atoms with E-state index in [-0.39, 0.29) is 22.5 Å². The van der Waals surface area contributed by atoms with Crippen molar-refractivity contribution in [2.45, 2.75) is 52.5 Å².